The van der Waals surface area contributed by atoms with Crippen LogP contribution in [0.2, 0.25) is 0 Å². The maximum Gasteiger partial charge on any atom is 0.257 e. The zero-order valence-corrected chi connectivity index (χ0v) is 23.1. The molecule has 37 heavy (non-hydrogen) atoms. The van der Waals surface area contributed by atoms with Crippen LogP contribution >= 0.6 is 0 Å². The van der Waals surface area contributed by atoms with E-state index in [-0.39, 0.29) is 36.4 Å². The van der Waals surface area contributed by atoms with E-state index in [4.69, 9.17) is 4.74 Å². The summed E-state index contributed by atoms with van der Waals surface area (Å²) in [5.41, 5.74) is 0.731. The number of nitrogens with one attached hydrogen (secondary N) is 3. The van der Waals surface area contributed by atoms with Crippen molar-refractivity contribution in [2.24, 2.45) is 0 Å². The maximum absolute atomic E-state index is 13.2. The molecule has 1 aromatic rings. The van der Waals surface area contributed by atoms with Crippen LogP contribution < -0.4 is 20.7 Å². The molecule has 3 N–H and O–H groups in total. The average Bonchev–Trinajstić information content (AvgIpc) is 2.88. The minimum Gasteiger partial charge on any atom is -0.484 e. The summed E-state index contributed by atoms with van der Waals surface area (Å²) in [5, 5.41) is 8.97. The van der Waals surface area contributed by atoms with Gasteiger partial charge in [-0.25, -0.2) is 0 Å². The standard InChI is InChI=1S/C28H45N5O4/c1-6-29-26(34)18-37-25-16-19(27(35)30-21-7-11-23(12-8-21)32(2)3)15-20(17-25)28(36)31-22-9-13-24(14-10-22)33(4)5/h15-17,21-24H,6-14,18H2,1-5H3,(H,29,34)(H,30,35)(H,31,36). The van der Waals surface area contributed by atoms with Gasteiger partial charge >= 0.3 is 0 Å². The molecule has 0 aliphatic heterocycles. The number of benzene rings is 1. The second-order valence-electron chi connectivity index (χ2n) is 10.9. The van der Waals surface area contributed by atoms with Crippen molar-refractivity contribution in [3.63, 3.8) is 0 Å². The Morgan fingerprint density at radius 3 is 1.57 bits per heavy atom. The molecule has 0 saturated heterocycles. The van der Waals surface area contributed by atoms with Crippen LogP contribution in [-0.2, 0) is 4.79 Å². The Bertz CT molecular complexity index is 859. The number of carbonyl (C=O) groups excluding carboxylic acids is 3. The second-order valence-corrected chi connectivity index (χ2v) is 10.9. The largest absolute Gasteiger partial charge is 0.484 e. The van der Waals surface area contributed by atoms with Gasteiger partial charge in [-0.15, -0.1) is 0 Å². The van der Waals surface area contributed by atoms with Gasteiger partial charge in [-0.3, -0.25) is 14.4 Å². The third-order valence-corrected chi connectivity index (χ3v) is 7.70. The number of amides is 3. The quantitative estimate of drug-likeness (QED) is 0.442. The van der Waals surface area contributed by atoms with Crippen LogP contribution in [0.3, 0.4) is 0 Å². The molecule has 2 fully saturated rings. The van der Waals surface area contributed by atoms with Crippen molar-refractivity contribution < 1.29 is 19.1 Å². The van der Waals surface area contributed by atoms with Crippen molar-refractivity contribution in [2.75, 3.05) is 41.3 Å². The van der Waals surface area contributed by atoms with Crippen molar-refractivity contribution in [2.45, 2.75) is 82.5 Å². The highest BCUT2D eigenvalue weighted by molar-refractivity contribution is 6.00. The van der Waals surface area contributed by atoms with E-state index in [2.05, 4.69) is 53.9 Å². The van der Waals surface area contributed by atoms with Gasteiger partial charge in [-0.1, -0.05) is 0 Å². The highest BCUT2D eigenvalue weighted by Gasteiger charge is 2.26. The predicted octanol–water partition coefficient (Wildman–Crippen LogP) is 2.41. The summed E-state index contributed by atoms with van der Waals surface area (Å²) in [6.07, 6.45) is 7.84. The summed E-state index contributed by atoms with van der Waals surface area (Å²) in [6, 6.07) is 6.14. The Morgan fingerprint density at radius 2 is 1.19 bits per heavy atom. The first-order valence-corrected chi connectivity index (χ1v) is 13.7. The van der Waals surface area contributed by atoms with Crippen LogP contribution in [-0.4, -0.2) is 93.0 Å². The molecule has 9 heteroatoms. The minimum absolute atomic E-state index is 0.104. The SMILES string of the molecule is CCNC(=O)COc1cc(C(=O)NC2CCC(N(C)C)CC2)cc(C(=O)NC2CCC(N(C)C)CC2)c1. The average molecular weight is 516 g/mol. The fourth-order valence-corrected chi connectivity index (χ4v) is 5.35. The predicted molar refractivity (Wildman–Crippen MR) is 145 cm³/mol. The summed E-state index contributed by atoms with van der Waals surface area (Å²) in [7, 11) is 8.37. The molecule has 0 heterocycles. The number of carbonyl (C=O) groups is 3. The molecule has 206 valence electrons. The fraction of sp³-hybridized carbons (Fsp3) is 0.679. The molecule has 0 bridgehead atoms. The molecule has 0 atom stereocenters. The first kappa shape index (κ1) is 28.9. The molecule has 2 saturated carbocycles. The molecule has 0 radical (unpaired) electrons. The van der Waals surface area contributed by atoms with Crippen molar-refractivity contribution in [3.05, 3.63) is 29.3 Å². The molecule has 2 aliphatic carbocycles. The normalized spacial score (nSPS) is 24.0. The van der Waals surface area contributed by atoms with E-state index in [0.717, 1.165) is 51.4 Å². The number of hydrogen-bond donors (Lipinski definition) is 3. The zero-order chi connectivity index (χ0) is 26.9. The Hall–Kier alpha value is -2.65. The Morgan fingerprint density at radius 1 is 0.757 bits per heavy atom. The third-order valence-electron chi connectivity index (χ3n) is 7.70. The molecule has 0 spiro atoms. The summed E-state index contributed by atoms with van der Waals surface area (Å²) >= 11 is 0. The van der Waals surface area contributed by atoms with Gasteiger partial charge in [-0.05, 0) is 105 Å². The lowest BCUT2D eigenvalue weighted by atomic mass is 9.90. The topological polar surface area (TPSA) is 103 Å². The third kappa shape index (κ3) is 8.71. The number of hydrogen-bond acceptors (Lipinski definition) is 6. The molecular weight excluding hydrogens is 470 g/mol. The lowest BCUT2D eigenvalue weighted by Crippen LogP contribution is -2.42. The van der Waals surface area contributed by atoms with E-state index in [1.165, 1.54) is 0 Å². The van der Waals surface area contributed by atoms with Crippen LogP contribution in [0, 0.1) is 0 Å². The molecule has 3 amide bonds. The van der Waals surface area contributed by atoms with Crippen LogP contribution in [0.5, 0.6) is 5.75 Å². The maximum atomic E-state index is 13.2. The van der Waals surface area contributed by atoms with Gasteiger partial charge in [0, 0.05) is 41.8 Å². The summed E-state index contributed by atoms with van der Waals surface area (Å²) in [6.45, 7) is 2.16. The molecular formula is C28H45N5O4. The molecule has 3 rings (SSSR count). The lowest BCUT2D eigenvalue weighted by molar-refractivity contribution is -0.122. The molecule has 1 aromatic carbocycles. The van der Waals surface area contributed by atoms with Gasteiger partial charge in [0.25, 0.3) is 17.7 Å². The van der Waals surface area contributed by atoms with E-state index >= 15 is 0 Å². The van der Waals surface area contributed by atoms with Gasteiger partial charge in [0.15, 0.2) is 6.61 Å². The summed E-state index contributed by atoms with van der Waals surface area (Å²) in [4.78, 5) is 42.8. The van der Waals surface area contributed by atoms with Gasteiger partial charge in [0.05, 0.1) is 0 Å². The summed E-state index contributed by atoms with van der Waals surface area (Å²) < 4.78 is 5.68. The van der Waals surface area contributed by atoms with Gasteiger partial charge < -0.3 is 30.5 Å². The first-order chi connectivity index (χ1) is 17.7. The highest BCUT2D eigenvalue weighted by atomic mass is 16.5. The van der Waals surface area contributed by atoms with E-state index in [0.29, 0.717) is 35.5 Å². The number of ether oxygens (including phenoxy) is 1. The second kappa shape index (κ2) is 13.8. The van der Waals surface area contributed by atoms with Crippen LogP contribution in [0.25, 0.3) is 0 Å². The fourth-order valence-electron chi connectivity index (χ4n) is 5.35. The van der Waals surface area contributed by atoms with Crippen molar-refractivity contribution in [1.82, 2.24) is 25.8 Å². The van der Waals surface area contributed by atoms with Crippen molar-refractivity contribution in [1.29, 1.82) is 0 Å². The minimum atomic E-state index is -0.251. The van der Waals surface area contributed by atoms with E-state index in [1.807, 2.05) is 6.92 Å². The number of nitrogens with zero attached hydrogens (tertiary/aromatic N) is 2. The number of rotatable bonds is 10. The molecule has 2 aliphatic rings. The zero-order valence-electron chi connectivity index (χ0n) is 23.1. The smallest absolute Gasteiger partial charge is 0.257 e. The van der Waals surface area contributed by atoms with Gasteiger partial charge in [-0.2, -0.15) is 0 Å². The Kier molecular flexibility index (Phi) is 10.8. The monoisotopic (exact) mass is 515 g/mol. The van der Waals surface area contributed by atoms with Crippen molar-refractivity contribution in [3.8, 4) is 5.75 Å². The van der Waals surface area contributed by atoms with Crippen molar-refractivity contribution >= 4 is 17.7 Å². The Labute approximate surface area is 221 Å². The van der Waals surface area contributed by atoms with Gasteiger partial charge in [0.2, 0.25) is 0 Å². The molecule has 0 unspecified atom stereocenters. The highest BCUT2D eigenvalue weighted by Crippen LogP contribution is 2.24. The van der Waals surface area contributed by atoms with E-state index in [1.54, 1.807) is 18.2 Å². The van der Waals surface area contributed by atoms with Crippen LogP contribution in [0.15, 0.2) is 18.2 Å². The van der Waals surface area contributed by atoms with E-state index < -0.39 is 0 Å². The van der Waals surface area contributed by atoms with E-state index in [9.17, 15) is 14.4 Å². The van der Waals surface area contributed by atoms with Crippen LogP contribution in [0.4, 0.5) is 0 Å². The first-order valence-electron chi connectivity index (χ1n) is 13.7. The Balaban J connectivity index is 1.69. The molecule has 9 nitrogen and oxygen atoms in total. The lowest BCUT2D eigenvalue weighted by Gasteiger charge is -2.33. The molecule has 0 aromatic heterocycles. The van der Waals surface area contributed by atoms with Gasteiger partial charge in [0.1, 0.15) is 5.75 Å². The summed E-state index contributed by atoms with van der Waals surface area (Å²) in [5.74, 6) is -0.370. The van der Waals surface area contributed by atoms with Crippen LogP contribution in [0.1, 0.15) is 79.0 Å². The number of likely N-dealkylation sites (N-methyl/N-ethyl adjacent to an activating group) is 1.